The Balaban J connectivity index is 2.24. The fourth-order valence-electron chi connectivity index (χ4n) is 2.79. The second-order valence-corrected chi connectivity index (χ2v) is 4.98. The third-order valence-corrected chi connectivity index (χ3v) is 3.74. The van der Waals surface area contributed by atoms with Crippen LogP contribution < -0.4 is 10.2 Å². The zero-order valence-corrected chi connectivity index (χ0v) is 11.3. The summed E-state index contributed by atoms with van der Waals surface area (Å²) < 4.78 is 0. The molecule has 1 fully saturated rings. The molecule has 5 heteroatoms. The molecule has 1 saturated heterocycles. The Labute approximate surface area is 113 Å². The Morgan fingerprint density at radius 2 is 2.21 bits per heavy atom. The van der Waals surface area contributed by atoms with Crippen molar-refractivity contribution in [1.82, 2.24) is 5.32 Å². The lowest BCUT2D eigenvalue weighted by Crippen LogP contribution is -2.41. The first-order valence-electron chi connectivity index (χ1n) is 6.88. The number of benzene rings is 1. The van der Waals surface area contributed by atoms with E-state index in [9.17, 15) is 10.1 Å². The summed E-state index contributed by atoms with van der Waals surface area (Å²) in [5, 5.41) is 14.3. The molecule has 104 valence electrons. The van der Waals surface area contributed by atoms with Crippen molar-refractivity contribution < 1.29 is 4.92 Å². The van der Waals surface area contributed by atoms with Gasteiger partial charge in [-0.25, -0.2) is 0 Å². The first kappa shape index (κ1) is 13.8. The Bertz CT molecular complexity index is 436. The molecule has 0 bridgehead atoms. The number of piperidine rings is 1. The molecule has 5 nitrogen and oxygen atoms in total. The summed E-state index contributed by atoms with van der Waals surface area (Å²) in [6.45, 7) is 1.86. The monoisotopic (exact) mass is 263 g/mol. The summed E-state index contributed by atoms with van der Waals surface area (Å²) in [6.07, 6.45) is 4.48. The molecule has 1 aliphatic rings. The lowest BCUT2D eigenvalue weighted by molar-refractivity contribution is -0.384. The van der Waals surface area contributed by atoms with E-state index < -0.39 is 0 Å². The number of para-hydroxylation sites is 2. The van der Waals surface area contributed by atoms with E-state index in [1.54, 1.807) is 12.1 Å². The lowest BCUT2D eigenvalue weighted by atomic mass is 9.98. The SMILES string of the molecule is CNCCC1CCCCN1c1ccccc1[N+](=O)[O-]. The van der Waals surface area contributed by atoms with Crippen molar-refractivity contribution in [3.05, 3.63) is 34.4 Å². The fourth-order valence-corrected chi connectivity index (χ4v) is 2.79. The fraction of sp³-hybridized carbons (Fsp3) is 0.571. The van der Waals surface area contributed by atoms with Crippen LogP contribution in [0, 0.1) is 10.1 Å². The summed E-state index contributed by atoms with van der Waals surface area (Å²) in [4.78, 5) is 13.1. The van der Waals surface area contributed by atoms with E-state index in [0.29, 0.717) is 6.04 Å². The number of anilines is 1. The van der Waals surface area contributed by atoms with Crippen LogP contribution in [0.4, 0.5) is 11.4 Å². The van der Waals surface area contributed by atoms with Gasteiger partial charge in [0, 0.05) is 18.7 Å². The maximum atomic E-state index is 11.2. The summed E-state index contributed by atoms with van der Waals surface area (Å²) in [5.74, 6) is 0. The Kier molecular flexibility index (Phi) is 4.74. The van der Waals surface area contributed by atoms with Gasteiger partial charge in [-0.3, -0.25) is 10.1 Å². The second-order valence-electron chi connectivity index (χ2n) is 4.98. The predicted octanol–water partition coefficient (Wildman–Crippen LogP) is 2.56. The van der Waals surface area contributed by atoms with Crippen LogP contribution >= 0.6 is 0 Å². The number of nitro groups is 1. The Morgan fingerprint density at radius 3 is 2.95 bits per heavy atom. The minimum atomic E-state index is -0.279. The molecule has 0 aromatic heterocycles. The van der Waals surface area contributed by atoms with Gasteiger partial charge < -0.3 is 10.2 Å². The molecule has 1 unspecified atom stereocenters. The topological polar surface area (TPSA) is 58.4 Å². The summed E-state index contributed by atoms with van der Waals surface area (Å²) in [7, 11) is 1.94. The van der Waals surface area contributed by atoms with E-state index in [1.165, 1.54) is 6.42 Å². The molecule has 1 N–H and O–H groups in total. The molecule has 1 atom stereocenters. The van der Waals surface area contributed by atoms with Crippen molar-refractivity contribution in [2.45, 2.75) is 31.7 Å². The molecule has 1 aromatic carbocycles. The highest BCUT2D eigenvalue weighted by Gasteiger charge is 2.27. The summed E-state index contributed by atoms with van der Waals surface area (Å²) >= 11 is 0. The molecule has 0 amide bonds. The third-order valence-electron chi connectivity index (χ3n) is 3.74. The van der Waals surface area contributed by atoms with Gasteiger partial charge in [-0.1, -0.05) is 12.1 Å². The number of hydrogen-bond donors (Lipinski definition) is 1. The number of hydrogen-bond acceptors (Lipinski definition) is 4. The van der Waals surface area contributed by atoms with Gasteiger partial charge >= 0.3 is 0 Å². The van der Waals surface area contributed by atoms with Crippen molar-refractivity contribution in [2.24, 2.45) is 0 Å². The minimum absolute atomic E-state index is 0.221. The van der Waals surface area contributed by atoms with E-state index >= 15 is 0 Å². The first-order valence-corrected chi connectivity index (χ1v) is 6.88. The molecule has 0 saturated carbocycles. The van der Waals surface area contributed by atoms with Crippen molar-refractivity contribution in [1.29, 1.82) is 0 Å². The van der Waals surface area contributed by atoms with Crippen LogP contribution in [0.25, 0.3) is 0 Å². The largest absolute Gasteiger partial charge is 0.363 e. The first-order chi connectivity index (χ1) is 9.24. The molecular weight excluding hydrogens is 242 g/mol. The molecule has 0 radical (unpaired) electrons. The summed E-state index contributed by atoms with van der Waals surface area (Å²) in [5.41, 5.74) is 0.993. The van der Waals surface area contributed by atoms with Crippen LogP contribution in [0.5, 0.6) is 0 Å². The zero-order valence-electron chi connectivity index (χ0n) is 11.3. The second kappa shape index (κ2) is 6.52. The molecule has 1 aromatic rings. The van der Waals surface area contributed by atoms with Crippen LogP contribution in [-0.2, 0) is 0 Å². The van der Waals surface area contributed by atoms with E-state index in [0.717, 1.165) is 38.0 Å². The van der Waals surface area contributed by atoms with Crippen molar-refractivity contribution in [2.75, 3.05) is 25.0 Å². The molecule has 19 heavy (non-hydrogen) atoms. The Morgan fingerprint density at radius 1 is 1.42 bits per heavy atom. The highest BCUT2D eigenvalue weighted by Crippen LogP contribution is 2.33. The molecule has 1 aliphatic heterocycles. The Hall–Kier alpha value is -1.62. The van der Waals surface area contributed by atoms with Crippen LogP contribution in [-0.4, -0.2) is 31.1 Å². The standard InChI is InChI=1S/C14H21N3O2/c1-15-10-9-12-6-4-5-11-16(12)13-7-2-3-8-14(13)17(18)19/h2-3,7-8,12,15H,4-6,9-11H2,1H3. The van der Waals surface area contributed by atoms with Gasteiger partial charge in [0.2, 0.25) is 0 Å². The summed E-state index contributed by atoms with van der Waals surface area (Å²) in [6, 6.07) is 7.48. The number of nitrogens with zero attached hydrogens (tertiary/aromatic N) is 2. The normalized spacial score (nSPS) is 19.4. The van der Waals surface area contributed by atoms with Crippen molar-refractivity contribution >= 4 is 11.4 Å². The highest BCUT2D eigenvalue weighted by molar-refractivity contribution is 5.63. The van der Waals surface area contributed by atoms with E-state index in [1.807, 2.05) is 19.2 Å². The van der Waals surface area contributed by atoms with Crippen molar-refractivity contribution in [3.8, 4) is 0 Å². The molecule has 0 spiro atoms. The number of rotatable bonds is 5. The average molecular weight is 263 g/mol. The van der Waals surface area contributed by atoms with Gasteiger partial charge in [0.25, 0.3) is 5.69 Å². The van der Waals surface area contributed by atoms with Gasteiger partial charge in [0.15, 0.2) is 0 Å². The molecular formula is C14H21N3O2. The third kappa shape index (κ3) is 3.23. The van der Waals surface area contributed by atoms with Crippen LogP contribution in [0.15, 0.2) is 24.3 Å². The van der Waals surface area contributed by atoms with Gasteiger partial charge in [0.1, 0.15) is 5.69 Å². The van der Waals surface area contributed by atoms with Gasteiger partial charge in [0.05, 0.1) is 4.92 Å². The van der Waals surface area contributed by atoms with Crippen molar-refractivity contribution in [3.63, 3.8) is 0 Å². The van der Waals surface area contributed by atoms with Crippen LogP contribution in [0.1, 0.15) is 25.7 Å². The van der Waals surface area contributed by atoms with Crippen LogP contribution in [0.3, 0.4) is 0 Å². The molecule has 1 heterocycles. The highest BCUT2D eigenvalue weighted by atomic mass is 16.6. The number of nitro benzene ring substituents is 1. The zero-order chi connectivity index (χ0) is 13.7. The average Bonchev–Trinajstić information content (AvgIpc) is 2.45. The smallest absolute Gasteiger partial charge is 0.292 e. The van der Waals surface area contributed by atoms with E-state index in [4.69, 9.17) is 0 Å². The maximum absolute atomic E-state index is 11.2. The maximum Gasteiger partial charge on any atom is 0.292 e. The van der Waals surface area contributed by atoms with E-state index in [-0.39, 0.29) is 10.6 Å². The number of nitrogens with one attached hydrogen (secondary N) is 1. The van der Waals surface area contributed by atoms with Gasteiger partial charge in [-0.2, -0.15) is 0 Å². The molecule has 2 rings (SSSR count). The lowest BCUT2D eigenvalue weighted by Gasteiger charge is -2.37. The van der Waals surface area contributed by atoms with Gasteiger partial charge in [-0.05, 0) is 45.3 Å². The predicted molar refractivity (Wildman–Crippen MR) is 76.6 cm³/mol. The van der Waals surface area contributed by atoms with Gasteiger partial charge in [-0.15, -0.1) is 0 Å². The van der Waals surface area contributed by atoms with E-state index in [2.05, 4.69) is 10.2 Å². The minimum Gasteiger partial charge on any atom is -0.363 e. The van der Waals surface area contributed by atoms with Crippen LogP contribution in [0.2, 0.25) is 0 Å². The quantitative estimate of drug-likeness (QED) is 0.655. The molecule has 0 aliphatic carbocycles.